The Morgan fingerprint density at radius 2 is 2.00 bits per heavy atom. The van der Waals surface area contributed by atoms with Crippen molar-refractivity contribution in [1.82, 2.24) is 10.3 Å². The summed E-state index contributed by atoms with van der Waals surface area (Å²) >= 11 is 1.49. The summed E-state index contributed by atoms with van der Waals surface area (Å²) in [4.78, 5) is 28.1. The molecule has 10 heteroatoms. The molecular weight excluding hydrogens is 418 g/mol. The van der Waals surface area contributed by atoms with E-state index in [0.29, 0.717) is 21.4 Å². The van der Waals surface area contributed by atoms with Crippen LogP contribution < -0.4 is 15.9 Å². The van der Waals surface area contributed by atoms with E-state index in [9.17, 15) is 14.9 Å². The largest absolute Gasteiger partial charge is 0.433 e. The van der Waals surface area contributed by atoms with Gasteiger partial charge in [0.2, 0.25) is 6.17 Å². The van der Waals surface area contributed by atoms with Crippen molar-refractivity contribution in [3.05, 3.63) is 62.8 Å². The monoisotopic (exact) mass is 441 g/mol. The van der Waals surface area contributed by atoms with Gasteiger partial charge >= 0.3 is 5.88 Å². The van der Waals surface area contributed by atoms with E-state index in [-0.39, 0.29) is 17.6 Å². The number of carbonyl (C=O) groups is 1. The molecular formula is C21H23N5O4S. The molecule has 1 aromatic heterocycles. The second-order valence-corrected chi connectivity index (χ2v) is 8.35. The van der Waals surface area contributed by atoms with Crippen LogP contribution in [0.1, 0.15) is 51.0 Å². The number of carbonyl (C=O) groups excluding carboxylic acids is 1. The maximum Gasteiger partial charge on any atom is 0.433 e. The Morgan fingerprint density at radius 3 is 2.77 bits per heavy atom. The molecule has 4 rings (SSSR count). The number of amides is 1. The van der Waals surface area contributed by atoms with Gasteiger partial charge in [0.15, 0.2) is 10.9 Å². The van der Waals surface area contributed by atoms with Crippen LogP contribution in [0.2, 0.25) is 0 Å². The highest BCUT2D eigenvalue weighted by Crippen LogP contribution is 2.33. The number of unbranched alkanes of at least 4 members (excludes halogenated alkanes) is 4. The normalized spacial score (nSPS) is 17.4. The second-order valence-electron chi connectivity index (χ2n) is 7.27. The van der Waals surface area contributed by atoms with Gasteiger partial charge in [-0.15, -0.1) is 5.10 Å². The quantitative estimate of drug-likeness (QED) is 0.383. The molecule has 3 heterocycles. The Hall–Kier alpha value is -3.14. The fraction of sp³-hybridized carbons (Fsp3) is 0.381. The molecule has 0 saturated carbocycles. The Balaban J connectivity index is 1.64. The smallest absolute Gasteiger partial charge is 0.401 e. The molecule has 0 radical (unpaired) electrons. The van der Waals surface area contributed by atoms with Crippen LogP contribution in [0, 0.1) is 10.1 Å². The summed E-state index contributed by atoms with van der Waals surface area (Å²) in [5.41, 5.74) is 0.349. The number of fused-ring (bicyclic) bond motifs is 2. The molecule has 162 valence electrons. The van der Waals surface area contributed by atoms with Gasteiger partial charge in [-0.1, -0.05) is 62.6 Å². The van der Waals surface area contributed by atoms with E-state index in [4.69, 9.17) is 4.42 Å². The number of nitrogens with zero attached hydrogens (tertiary/aromatic N) is 4. The number of amidine groups is 1. The lowest BCUT2D eigenvalue weighted by molar-refractivity contribution is -0.402. The Bertz CT molecular complexity index is 1140. The predicted octanol–water partition coefficient (Wildman–Crippen LogP) is 3.03. The van der Waals surface area contributed by atoms with Crippen LogP contribution in [0.3, 0.4) is 0 Å². The van der Waals surface area contributed by atoms with E-state index in [1.807, 2.05) is 18.2 Å². The third-order valence-electron chi connectivity index (χ3n) is 5.05. The standard InChI is InChI=1S/C21H23N5O4S/c1-2-3-4-5-8-13-31-21-23-20(27)18-14-9-6-7-10-15(14)22-19(25(18)24-21)16-11-12-17(30-16)26(28)29/h6-7,9-12,19H,2-5,8,13H2,1H3,(H,23,24,27)/t19-/m0/s1. The molecule has 2 aliphatic rings. The molecule has 0 spiro atoms. The summed E-state index contributed by atoms with van der Waals surface area (Å²) in [7, 11) is 0. The maximum absolute atomic E-state index is 13.0. The summed E-state index contributed by atoms with van der Waals surface area (Å²) < 4.78 is 5.40. The number of nitro groups is 1. The molecule has 1 aromatic carbocycles. The number of nitrogens with one attached hydrogen (secondary N) is 1. The molecule has 0 unspecified atom stereocenters. The number of para-hydroxylation sites is 1. The number of hydrazone groups is 1. The lowest BCUT2D eigenvalue weighted by Gasteiger charge is -2.32. The molecule has 2 aromatic rings. The minimum atomic E-state index is -0.801. The van der Waals surface area contributed by atoms with Crippen LogP contribution in [-0.4, -0.2) is 26.8 Å². The van der Waals surface area contributed by atoms with Crippen molar-refractivity contribution in [3.8, 4) is 0 Å². The van der Waals surface area contributed by atoms with Gasteiger partial charge in [0.1, 0.15) is 10.6 Å². The van der Waals surface area contributed by atoms with Crippen molar-refractivity contribution in [3.63, 3.8) is 0 Å². The Kier molecular flexibility index (Phi) is 6.36. The number of hydrogen-bond donors (Lipinski definition) is 1. The van der Waals surface area contributed by atoms with Gasteiger partial charge in [-0.3, -0.25) is 20.2 Å². The van der Waals surface area contributed by atoms with Crippen molar-refractivity contribution in [2.24, 2.45) is 10.1 Å². The van der Waals surface area contributed by atoms with Gasteiger partial charge in [0.25, 0.3) is 5.91 Å². The number of hydrogen-bond acceptors (Lipinski definition) is 8. The summed E-state index contributed by atoms with van der Waals surface area (Å²) in [6.45, 7) is 2.18. The summed E-state index contributed by atoms with van der Waals surface area (Å²) in [6, 6.07) is 10.0. The van der Waals surface area contributed by atoms with E-state index >= 15 is 0 Å². The number of furan rings is 1. The predicted molar refractivity (Wildman–Crippen MR) is 117 cm³/mol. The average Bonchev–Trinajstić information content (AvgIpc) is 3.26. The minimum Gasteiger partial charge on any atom is -0.401 e. The minimum absolute atomic E-state index is 0.251. The zero-order chi connectivity index (χ0) is 21.8. The molecule has 31 heavy (non-hydrogen) atoms. The van der Waals surface area contributed by atoms with Crippen LogP contribution in [0.15, 0.2) is 50.9 Å². The van der Waals surface area contributed by atoms with Gasteiger partial charge in [-0.05, 0) is 18.6 Å². The van der Waals surface area contributed by atoms with Crippen molar-refractivity contribution in [1.29, 1.82) is 0 Å². The lowest BCUT2D eigenvalue weighted by Crippen LogP contribution is -2.50. The highest BCUT2D eigenvalue weighted by Gasteiger charge is 2.36. The number of rotatable bonds is 8. The molecule has 1 amide bonds. The Morgan fingerprint density at radius 1 is 1.19 bits per heavy atom. The van der Waals surface area contributed by atoms with E-state index in [1.54, 1.807) is 6.07 Å². The molecule has 1 atom stereocenters. The first-order valence-electron chi connectivity index (χ1n) is 10.3. The summed E-state index contributed by atoms with van der Waals surface area (Å²) in [6.07, 6.45) is 5.01. The average molecular weight is 442 g/mol. The zero-order valence-corrected chi connectivity index (χ0v) is 17.9. The molecule has 9 nitrogen and oxygen atoms in total. The van der Waals surface area contributed by atoms with Crippen molar-refractivity contribution in [2.45, 2.75) is 45.2 Å². The molecule has 0 saturated heterocycles. The van der Waals surface area contributed by atoms with Gasteiger partial charge in [-0.25, -0.2) is 10.0 Å². The van der Waals surface area contributed by atoms with E-state index in [0.717, 1.165) is 18.6 Å². The van der Waals surface area contributed by atoms with Crippen molar-refractivity contribution < 1.29 is 14.1 Å². The first-order valence-corrected chi connectivity index (χ1v) is 11.3. The van der Waals surface area contributed by atoms with Gasteiger partial charge < -0.3 is 4.42 Å². The lowest BCUT2D eigenvalue weighted by atomic mass is 10.1. The second kappa shape index (κ2) is 9.34. The highest BCUT2D eigenvalue weighted by molar-refractivity contribution is 8.13. The fourth-order valence-electron chi connectivity index (χ4n) is 3.53. The Labute approximate surface area is 183 Å². The maximum atomic E-state index is 13.0. The number of thioether (sulfide) groups is 1. The van der Waals surface area contributed by atoms with Gasteiger partial charge in [-0.2, -0.15) is 0 Å². The van der Waals surface area contributed by atoms with Crippen molar-refractivity contribution in [2.75, 3.05) is 5.75 Å². The molecule has 0 bridgehead atoms. The van der Waals surface area contributed by atoms with Crippen LogP contribution in [-0.2, 0) is 4.79 Å². The van der Waals surface area contributed by atoms with Gasteiger partial charge in [0, 0.05) is 11.0 Å². The topological polar surface area (TPSA) is 113 Å². The number of benzene rings is 1. The first-order chi connectivity index (χ1) is 15.1. The van der Waals surface area contributed by atoms with Crippen LogP contribution in [0.4, 0.5) is 5.88 Å². The highest BCUT2D eigenvalue weighted by atomic mass is 32.2. The molecule has 0 fully saturated rings. The zero-order valence-electron chi connectivity index (χ0n) is 17.1. The molecule has 0 aliphatic carbocycles. The third-order valence-corrected chi connectivity index (χ3v) is 6.00. The van der Waals surface area contributed by atoms with E-state index < -0.39 is 11.1 Å². The SMILES string of the molecule is CCCCCCCSC1=NN2C(=c3ccccc3=N[C@@H]2c2ccc([N+](=O)[O-])o2)C(=O)N1. The first kappa shape index (κ1) is 21.1. The van der Waals surface area contributed by atoms with Gasteiger partial charge in [0.05, 0.1) is 11.4 Å². The van der Waals surface area contributed by atoms with E-state index in [1.165, 1.54) is 48.2 Å². The third kappa shape index (κ3) is 4.48. The molecule has 1 N–H and O–H groups in total. The summed E-state index contributed by atoms with van der Waals surface area (Å²) in [5.74, 6) is 0.437. The summed E-state index contributed by atoms with van der Waals surface area (Å²) in [5, 5.41) is 21.8. The van der Waals surface area contributed by atoms with Crippen LogP contribution in [0.25, 0.3) is 5.70 Å². The van der Waals surface area contributed by atoms with Crippen molar-refractivity contribution >= 4 is 34.4 Å². The van der Waals surface area contributed by atoms with Crippen LogP contribution >= 0.6 is 11.8 Å². The van der Waals surface area contributed by atoms with Crippen LogP contribution in [0.5, 0.6) is 0 Å². The fourth-order valence-corrected chi connectivity index (χ4v) is 4.38. The molecule has 2 aliphatic heterocycles. The van der Waals surface area contributed by atoms with E-state index in [2.05, 4.69) is 22.3 Å².